The van der Waals surface area contributed by atoms with E-state index in [2.05, 4.69) is 113 Å². The lowest BCUT2D eigenvalue weighted by molar-refractivity contribution is 0.669. The molecule has 0 fully saturated rings. The number of fused-ring (bicyclic) bond motifs is 14. The molecular formula is C31H17BrO. The fourth-order valence-corrected chi connectivity index (χ4v) is 7.03. The van der Waals surface area contributed by atoms with Crippen molar-refractivity contribution >= 4 is 37.9 Å². The number of benzene rings is 5. The molecule has 6 aromatic rings. The van der Waals surface area contributed by atoms with Crippen molar-refractivity contribution in [3.63, 3.8) is 0 Å². The molecular weight excluding hydrogens is 468 g/mol. The zero-order valence-electron chi connectivity index (χ0n) is 17.6. The maximum Gasteiger partial charge on any atom is 0.144 e. The van der Waals surface area contributed by atoms with Crippen molar-refractivity contribution in [1.29, 1.82) is 0 Å². The van der Waals surface area contributed by atoms with Gasteiger partial charge in [-0.05, 0) is 51.1 Å². The van der Waals surface area contributed by atoms with Crippen LogP contribution in [0.25, 0.3) is 44.2 Å². The van der Waals surface area contributed by atoms with Gasteiger partial charge < -0.3 is 4.42 Å². The largest absolute Gasteiger partial charge is 0.455 e. The van der Waals surface area contributed by atoms with Crippen LogP contribution in [0.4, 0.5) is 0 Å². The summed E-state index contributed by atoms with van der Waals surface area (Å²) in [6, 6.07) is 37.3. The standard InChI is InChI=1S/C31H17BrO/c32-26-17-25-28(30-29(26)21-12-4-8-16-27(21)33-30)20-11-3-7-15-24(20)31(25)22-13-5-1-9-18(22)19-10-2-6-14-23(19)31/h1-17H. The minimum Gasteiger partial charge on any atom is -0.455 e. The molecule has 2 aliphatic rings. The van der Waals surface area contributed by atoms with Crippen molar-refractivity contribution in [2.75, 3.05) is 0 Å². The Balaban J connectivity index is 1.65. The van der Waals surface area contributed by atoms with Crippen LogP contribution in [0, 0.1) is 0 Å². The first kappa shape index (κ1) is 17.9. The van der Waals surface area contributed by atoms with E-state index in [1.54, 1.807) is 0 Å². The second kappa shape index (κ2) is 6.03. The second-order valence-corrected chi connectivity index (χ2v) is 9.82. The van der Waals surface area contributed by atoms with Gasteiger partial charge in [0.2, 0.25) is 0 Å². The maximum absolute atomic E-state index is 6.58. The number of furan rings is 1. The SMILES string of the molecule is Brc1cc2c(c3oc4ccccc4c13)-c1ccccc1C21c2ccccc2-c2ccccc21. The van der Waals surface area contributed by atoms with Crippen molar-refractivity contribution in [1.82, 2.24) is 0 Å². The van der Waals surface area contributed by atoms with E-state index >= 15 is 0 Å². The lowest BCUT2D eigenvalue weighted by Crippen LogP contribution is -2.25. The van der Waals surface area contributed by atoms with Crippen molar-refractivity contribution in [2.24, 2.45) is 0 Å². The Hall–Kier alpha value is -3.62. The van der Waals surface area contributed by atoms with E-state index in [4.69, 9.17) is 4.42 Å². The van der Waals surface area contributed by atoms with Gasteiger partial charge in [0.25, 0.3) is 0 Å². The molecule has 0 radical (unpaired) electrons. The Morgan fingerprint density at radius 1 is 0.576 bits per heavy atom. The Morgan fingerprint density at radius 3 is 1.82 bits per heavy atom. The summed E-state index contributed by atoms with van der Waals surface area (Å²) in [6.45, 7) is 0. The maximum atomic E-state index is 6.58. The first-order valence-corrected chi connectivity index (χ1v) is 12.0. The summed E-state index contributed by atoms with van der Waals surface area (Å²) in [6.07, 6.45) is 0. The highest BCUT2D eigenvalue weighted by Gasteiger charge is 2.52. The Kier molecular flexibility index (Phi) is 3.27. The number of halogens is 1. The van der Waals surface area contributed by atoms with E-state index in [-0.39, 0.29) is 5.41 Å². The number of hydrogen-bond acceptors (Lipinski definition) is 1. The smallest absolute Gasteiger partial charge is 0.144 e. The summed E-state index contributed by atoms with van der Waals surface area (Å²) in [5.74, 6) is 0. The zero-order valence-corrected chi connectivity index (χ0v) is 19.2. The van der Waals surface area contributed by atoms with Crippen LogP contribution in [0.1, 0.15) is 22.3 Å². The molecule has 1 spiro atoms. The average molecular weight is 485 g/mol. The lowest BCUT2D eigenvalue weighted by Gasteiger charge is -2.30. The molecule has 1 nitrogen and oxygen atoms in total. The number of rotatable bonds is 0. The monoisotopic (exact) mass is 484 g/mol. The van der Waals surface area contributed by atoms with E-state index in [1.807, 2.05) is 6.07 Å². The normalized spacial score (nSPS) is 14.5. The van der Waals surface area contributed by atoms with Crippen LogP contribution in [-0.4, -0.2) is 0 Å². The summed E-state index contributed by atoms with van der Waals surface area (Å²) in [7, 11) is 0. The predicted octanol–water partition coefficient (Wildman–Crippen LogP) is 8.69. The van der Waals surface area contributed by atoms with Gasteiger partial charge in [-0.25, -0.2) is 0 Å². The molecule has 2 aliphatic carbocycles. The van der Waals surface area contributed by atoms with Gasteiger partial charge in [-0.3, -0.25) is 0 Å². The molecule has 0 bridgehead atoms. The highest BCUT2D eigenvalue weighted by molar-refractivity contribution is 9.10. The fraction of sp³-hybridized carbons (Fsp3) is 0.0323. The molecule has 0 unspecified atom stereocenters. The molecule has 8 rings (SSSR count). The van der Waals surface area contributed by atoms with Gasteiger partial charge in [-0.15, -0.1) is 0 Å². The van der Waals surface area contributed by atoms with Gasteiger partial charge in [-0.1, -0.05) is 107 Å². The van der Waals surface area contributed by atoms with Crippen LogP contribution in [0.15, 0.2) is 112 Å². The van der Waals surface area contributed by atoms with Crippen LogP contribution in [-0.2, 0) is 5.41 Å². The topological polar surface area (TPSA) is 13.1 Å². The third-order valence-electron chi connectivity index (χ3n) is 7.56. The molecule has 33 heavy (non-hydrogen) atoms. The van der Waals surface area contributed by atoms with E-state index in [1.165, 1.54) is 44.5 Å². The predicted molar refractivity (Wildman–Crippen MR) is 138 cm³/mol. The second-order valence-electron chi connectivity index (χ2n) is 8.97. The van der Waals surface area contributed by atoms with E-state index in [0.717, 1.165) is 26.4 Å². The molecule has 154 valence electrons. The Morgan fingerprint density at radius 2 is 1.12 bits per heavy atom. The molecule has 5 aromatic carbocycles. The van der Waals surface area contributed by atoms with Gasteiger partial charge >= 0.3 is 0 Å². The van der Waals surface area contributed by atoms with Crippen LogP contribution >= 0.6 is 15.9 Å². The number of para-hydroxylation sites is 1. The molecule has 0 atom stereocenters. The quantitative estimate of drug-likeness (QED) is 0.209. The minimum atomic E-state index is -0.352. The van der Waals surface area contributed by atoms with Gasteiger partial charge in [0, 0.05) is 20.8 Å². The molecule has 0 N–H and O–H groups in total. The summed E-state index contributed by atoms with van der Waals surface area (Å²) < 4.78 is 7.66. The highest BCUT2D eigenvalue weighted by atomic mass is 79.9. The van der Waals surface area contributed by atoms with E-state index in [9.17, 15) is 0 Å². The van der Waals surface area contributed by atoms with Crippen LogP contribution in [0.2, 0.25) is 0 Å². The van der Waals surface area contributed by atoms with Gasteiger partial charge in [0.1, 0.15) is 11.2 Å². The Bertz CT molecular complexity index is 1740. The van der Waals surface area contributed by atoms with Gasteiger partial charge in [-0.2, -0.15) is 0 Å². The highest BCUT2D eigenvalue weighted by Crippen LogP contribution is 2.64. The molecule has 1 aromatic heterocycles. The average Bonchev–Trinajstić information content (AvgIpc) is 3.48. The van der Waals surface area contributed by atoms with Crippen LogP contribution in [0.5, 0.6) is 0 Å². The van der Waals surface area contributed by atoms with Gasteiger partial charge in [0.05, 0.1) is 5.41 Å². The lowest BCUT2D eigenvalue weighted by atomic mass is 9.70. The summed E-state index contributed by atoms with van der Waals surface area (Å²) in [5, 5.41) is 2.29. The van der Waals surface area contributed by atoms with Crippen molar-refractivity contribution in [3.05, 3.63) is 130 Å². The summed E-state index contributed by atoms with van der Waals surface area (Å²) >= 11 is 3.95. The van der Waals surface area contributed by atoms with Crippen molar-refractivity contribution in [2.45, 2.75) is 5.41 Å². The fourth-order valence-electron chi connectivity index (χ4n) is 6.40. The van der Waals surface area contributed by atoms with Crippen molar-refractivity contribution in [3.8, 4) is 22.3 Å². The minimum absolute atomic E-state index is 0.352. The molecule has 2 heteroatoms. The third kappa shape index (κ3) is 1.96. The van der Waals surface area contributed by atoms with Crippen molar-refractivity contribution < 1.29 is 4.42 Å². The Labute approximate surface area is 199 Å². The molecule has 0 saturated carbocycles. The van der Waals surface area contributed by atoms with E-state index < -0.39 is 0 Å². The zero-order chi connectivity index (χ0) is 21.7. The first-order valence-electron chi connectivity index (χ1n) is 11.2. The van der Waals surface area contributed by atoms with E-state index in [0.29, 0.717) is 0 Å². The molecule has 0 saturated heterocycles. The van der Waals surface area contributed by atoms with Crippen LogP contribution in [0.3, 0.4) is 0 Å². The number of hydrogen-bond donors (Lipinski definition) is 0. The molecule has 0 amide bonds. The molecule has 0 aliphatic heterocycles. The molecule has 1 heterocycles. The third-order valence-corrected chi connectivity index (χ3v) is 8.18. The summed E-state index contributed by atoms with van der Waals surface area (Å²) in [4.78, 5) is 0. The van der Waals surface area contributed by atoms with Crippen LogP contribution < -0.4 is 0 Å². The van der Waals surface area contributed by atoms with Gasteiger partial charge in [0.15, 0.2) is 0 Å². The summed E-state index contributed by atoms with van der Waals surface area (Å²) in [5.41, 5.74) is 12.0. The first-order chi connectivity index (χ1) is 16.3.